The van der Waals surface area contributed by atoms with Crippen molar-refractivity contribution in [1.29, 1.82) is 0 Å². The van der Waals surface area contributed by atoms with Crippen molar-refractivity contribution in [3.63, 3.8) is 0 Å². The lowest BCUT2D eigenvalue weighted by molar-refractivity contribution is 0.111. The minimum Gasteiger partial charge on any atom is -0.390 e. The zero-order valence-electron chi connectivity index (χ0n) is 10.6. The summed E-state index contributed by atoms with van der Waals surface area (Å²) in [5.41, 5.74) is 7.30. The van der Waals surface area contributed by atoms with Crippen LogP contribution in [0.15, 0.2) is 22.1 Å². The normalized spacial score (nSPS) is 14.4. The fourth-order valence-corrected chi connectivity index (χ4v) is 1.51. The molecular weight excluding hydrogens is 216 g/mol. The van der Waals surface area contributed by atoms with Crippen LogP contribution in [0.5, 0.6) is 0 Å². The molecule has 5 heteroatoms. The van der Waals surface area contributed by atoms with Crippen molar-refractivity contribution in [2.75, 3.05) is 14.2 Å². The molecule has 94 valence electrons. The molecule has 1 heterocycles. The van der Waals surface area contributed by atoms with E-state index in [0.29, 0.717) is 5.84 Å². The number of ether oxygens (including phenoxy) is 1. The smallest absolute Gasteiger partial charge is 0.172 e. The first-order valence-electron chi connectivity index (χ1n) is 5.63. The van der Waals surface area contributed by atoms with E-state index in [1.807, 2.05) is 12.1 Å². The third-order valence-electron chi connectivity index (χ3n) is 2.62. The van der Waals surface area contributed by atoms with Gasteiger partial charge >= 0.3 is 0 Å². The van der Waals surface area contributed by atoms with Crippen LogP contribution in [0.3, 0.4) is 0 Å². The fraction of sp³-hybridized carbons (Fsp3) is 0.500. The summed E-state index contributed by atoms with van der Waals surface area (Å²) in [6.07, 6.45) is 3.44. The molecule has 17 heavy (non-hydrogen) atoms. The third-order valence-corrected chi connectivity index (χ3v) is 2.62. The number of hydrogen-bond donors (Lipinski definition) is 2. The van der Waals surface area contributed by atoms with Crippen molar-refractivity contribution in [3.8, 4) is 0 Å². The number of nitrogens with zero attached hydrogens (tertiary/aromatic N) is 2. The number of rotatable bonds is 5. The van der Waals surface area contributed by atoms with Crippen LogP contribution in [0.4, 0.5) is 0 Å². The summed E-state index contributed by atoms with van der Waals surface area (Å²) in [5, 5.41) is 0. The van der Waals surface area contributed by atoms with Crippen LogP contribution >= 0.6 is 0 Å². The number of nitrogens with two attached hydrogens (primary N) is 1. The molecule has 3 N–H and O–H groups in total. The Labute approximate surface area is 102 Å². The number of amidine groups is 1. The van der Waals surface area contributed by atoms with Crippen LogP contribution in [0.25, 0.3) is 0 Å². The second-order valence-electron chi connectivity index (χ2n) is 3.81. The Bertz CT molecular complexity index is 395. The van der Waals surface area contributed by atoms with E-state index in [4.69, 9.17) is 10.5 Å². The number of H-pyrrole nitrogens is 1. The zero-order chi connectivity index (χ0) is 12.7. The van der Waals surface area contributed by atoms with E-state index in [2.05, 4.69) is 21.9 Å². The summed E-state index contributed by atoms with van der Waals surface area (Å²) in [6, 6.07) is 4.00. The van der Waals surface area contributed by atoms with E-state index >= 15 is 0 Å². The summed E-state index contributed by atoms with van der Waals surface area (Å²) < 4.78 is 5.21. The largest absolute Gasteiger partial charge is 0.390 e. The highest BCUT2D eigenvalue weighted by molar-refractivity contribution is 6.01. The van der Waals surface area contributed by atoms with Gasteiger partial charge in [0.1, 0.15) is 0 Å². The molecule has 0 fully saturated rings. The van der Waals surface area contributed by atoms with Crippen molar-refractivity contribution in [2.24, 2.45) is 15.7 Å². The average Bonchev–Trinajstić information content (AvgIpc) is 2.81. The van der Waals surface area contributed by atoms with Crippen molar-refractivity contribution >= 4 is 12.2 Å². The average molecular weight is 236 g/mol. The van der Waals surface area contributed by atoms with Gasteiger partial charge in [0.25, 0.3) is 0 Å². The molecule has 0 aromatic carbocycles. The summed E-state index contributed by atoms with van der Waals surface area (Å²) in [5.74, 6) is 0.610. The molecule has 1 rings (SSSR count). The van der Waals surface area contributed by atoms with Crippen LogP contribution in [-0.4, -0.2) is 37.4 Å². The molecule has 0 radical (unpaired) electrons. The Kier molecular flexibility index (Phi) is 5.42. The van der Waals surface area contributed by atoms with E-state index < -0.39 is 0 Å². The lowest BCUT2D eigenvalue weighted by Gasteiger charge is -2.07. The molecule has 0 saturated heterocycles. The second kappa shape index (κ2) is 6.85. The highest BCUT2D eigenvalue weighted by Gasteiger charge is 2.06. The van der Waals surface area contributed by atoms with Crippen molar-refractivity contribution in [3.05, 3.63) is 23.5 Å². The molecule has 0 bridgehead atoms. The molecule has 0 aliphatic carbocycles. The van der Waals surface area contributed by atoms with Crippen molar-refractivity contribution in [2.45, 2.75) is 25.9 Å². The maximum absolute atomic E-state index is 5.26. The Balaban J connectivity index is 2.65. The number of hydrogen-bond acceptors (Lipinski definition) is 2. The lowest BCUT2D eigenvalue weighted by Crippen LogP contribution is -2.06. The Hall–Kier alpha value is -1.62. The Morgan fingerprint density at radius 2 is 2.35 bits per heavy atom. The van der Waals surface area contributed by atoms with Crippen LogP contribution in [0.1, 0.15) is 24.7 Å². The molecule has 1 aromatic heterocycles. The van der Waals surface area contributed by atoms with E-state index in [1.54, 1.807) is 14.2 Å². The number of aromatic nitrogens is 1. The van der Waals surface area contributed by atoms with Gasteiger partial charge in [-0.05, 0) is 31.9 Å². The highest BCUT2D eigenvalue weighted by atomic mass is 16.5. The molecule has 0 amide bonds. The first-order chi connectivity index (χ1) is 8.21. The van der Waals surface area contributed by atoms with Crippen LogP contribution in [0.2, 0.25) is 0 Å². The van der Waals surface area contributed by atoms with Gasteiger partial charge in [-0.1, -0.05) is 0 Å². The molecule has 5 nitrogen and oxygen atoms in total. The van der Waals surface area contributed by atoms with Crippen LogP contribution in [-0.2, 0) is 11.2 Å². The second-order valence-corrected chi connectivity index (χ2v) is 3.81. The zero-order valence-corrected chi connectivity index (χ0v) is 10.6. The van der Waals surface area contributed by atoms with Gasteiger partial charge in [0.15, 0.2) is 5.84 Å². The predicted octanol–water partition coefficient (Wildman–Crippen LogP) is 1.35. The maximum Gasteiger partial charge on any atom is 0.172 e. The van der Waals surface area contributed by atoms with Gasteiger partial charge in [-0.25, -0.2) is 4.99 Å². The SMILES string of the molecule is CN=C(N=CN)c1ccc(CCC(C)OC)[nH]1. The summed E-state index contributed by atoms with van der Waals surface area (Å²) in [7, 11) is 3.42. The standard InChI is InChI=1S/C12H20N4O/c1-9(17-3)4-5-10-6-7-11(16-10)12(14-2)15-8-13/h6-9,16H,4-5H2,1-3H3,(H2,13,14,15). The molecule has 0 saturated carbocycles. The molecule has 1 unspecified atom stereocenters. The van der Waals surface area contributed by atoms with Gasteiger partial charge in [-0.2, -0.15) is 0 Å². The highest BCUT2D eigenvalue weighted by Crippen LogP contribution is 2.08. The molecular formula is C12H20N4O. The Morgan fingerprint density at radius 1 is 1.59 bits per heavy atom. The van der Waals surface area contributed by atoms with Gasteiger partial charge in [-0.15, -0.1) is 0 Å². The molecule has 0 aliphatic rings. The number of aliphatic imine (C=N–C) groups is 2. The fourth-order valence-electron chi connectivity index (χ4n) is 1.51. The third kappa shape index (κ3) is 4.03. The first kappa shape index (κ1) is 13.4. The van der Waals surface area contributed by atoms with E-state index in [1.165, 1.54) is 6.34 Å². The number of aryl methyl sites for hydroxylation is 1. The number of nitrogens with one attached hydrogen (secondary N) is 1. The van der Waals surface area contributed by atoms with Crippen LogP contribution in [0, 0.1) is 0 Å². The van der Waals surface area contributed by atoms with Gasteiger partial charge in [0.2, 0.25) is 0 Å². The van der Waals surface area contributed by atoms with E-state index in [9.17, 15) is 0 Å². The summed E-state index contributed by atoms with van der Waals surface area (Å²) in [4.78, 5) is 11.3. The minimum absolute atomic E-state index is 0.267. The van der Waals surface area contributed by atoms with Gasteiger partial charge in [-0.3, -0.25) is 4.99 Å². The number of aromatic amines is 1. The number of methoxy groups -OCH3 is 1. The molecule has 0 aliphatic heterocycles. The Morgan fingerprint density at radius 3 is 2.94 bits per heavy atom. The first-order valence-corrected chi connectivity index (χ1v) is 5.63. The van der Waals surface area contributed by atoms with Gasteiger partial charge in [0.05, 0.1) is 18.1 Å². The maximum atomic E-state index is 5.26. The van der Waals surface area contributed by atoms with Crippen LogP contribution < -0.4 is 5.73 Å². The lowest BCUT2D eigenvalue weighted by atomic mass is 10.2. The summed E-state index contributed by atoms with van der Waals surface area (Å²) in [6.45, 7) is 2.06. The topological polar surface area (TPSA) is 75.8 Å². The van der Waals surface area contributed by atoms with Gasteiger partial charge in [0, 0.05) is 19.9 Å². The monoisotopic (exact) mass is 236 g/mol. The van der Waals surface area contributed by atoms with Crippen molar-refractivity contribution < 1.29 is 4.74 Å². The van der Waals surface area contributed by atoms with Gasteiger partial charge < -0.3 is 15.5 Å². The predicted molar refractivity (Wildman–Crippen MR) is 70.7 cm³/mol. The van der Waals surface area contributed by atoms with E-state index in [0.717, 1.165) is 24.2 Å². The minimum atomic E-state index is 0.267. The molecule has 1 atom stereocenters. The molecule has 1 aromatic rings. The van der Waals surface area contributed by atoms with E-state index in [-0.39, 0.29) is 6.10 Å². The summed E-state index contributed by atoms with van der Waals surface area (Å²) >= 11 is 0. The quantitative estimate of drug-likeness (QED) is 0.598. The van der Waals surface area contributed by atoms with Crippen molar-refractivity contribution in [1.82, 2.24) is 4.98 Å². The molecule has 0 spiro atoms.